The molecule has 5 aromatic carbocycles. The Morgan fingerprint density at radius 3 is 1.03 bits per heavy atom. The quantitative estimate of drug-likeness (QED) is 0.121. The summed E-state index contributed by atoms with van der Waals surface area (Å²) in [6.45, 7) is 3.86. The number of fused-ring (bicyclic) bond motifs is 16. The van der Waals surface area contributed by atoms with E-state index in [0.717, 1.165) is 16.7 Å². The van der Waals surface area contributed by atoms with Gasteiger partial charge in [0.1, 0.15) is 52.3 Å². The topological polar surface area (TPSA) is 177 Å². The third-order valence-electron chi connectivity index (χ3n) is 9.45. The molecule has 336 valence electrons. The van der Waals surface area contributed by atoms with E-state index in [1.165, 1.54) is 29.9 Å². The van der Waals surface area contributed by atoms with E-state index in [2.05, 4.69) is 29.9 Å². The lowest BCUT2D eigenvalue weighted by atomic mass is 10.2. The van der Waals surface area contributed by atoms with E-state index in [0.29, 0.717) is 62.1 Å². The maximum absolute atomic E-state index is 6.44. The molecule has 9 aromatic rings. The SMILES string of the molecule is CSc1nc2cc(n1)Oc1cc(C)cc(c1)Oc1cc(nc(-c3ccccc3)n1)Oc1cc(C)cc(c1)Oc1cc(nc(SC)n1)Oc1cccc(c1)Oc1cc(ncn1)Oc1cccc(c1)O2. The first-order valence-electron chi connectivity index (χ1n) is 20.7. The fourth-order valence-corrected chi connectivity index (χ4v) is 7.38. The summed E-state index contributed by atoms with van der Waals surface area (Å²) in [6, 6.07) is 40.9. The van der Waals surface area contributed by atoms with Gasteiger partial charge in [0, 0.05) is 29.8 Å². The minimum Gasteiger partial charge on any atom is -0.439 e. The first-order chi connectivity index (χ1) is 33.2. The van der Waals surface area contributed by atoms with E-state index in [4.69, 9.17) is 47.9 Å². The highest BCUT2D eigenvalue weighted by Crippen LogP contribution is 2.37. The predicted octanol–water partition coefficient (Wildman–Crippen LogP) is 13.2. The zero-order valence-electron chi connectivity index (χ0n) is 36.5. The molecule has 10 rings (SSSR count). The van der Waals surface area contributed by atoms with Crippen molar-refractivity contribution in [3.8, 4) is 104 Å². The molecule has 0 atom stereocenters. The zero-order valence-corrected chi connectivity index (χ0v) is 38.1. The second-order valence-corrected chi connectivity index (χ2v) is 16.3. The van der Waals surface area contributed by atoms with E-state index >= 15 is 0 Å². The largest absolute Gasteiger partial charge is 0.439 e. The summed E-state index contributed by atoms with van der Waals surface area (Å²) < 4.78 is 50.3. The molecule has 16 bridgehead atoms. The molecule has 0 N–H and O–H groups in total. The second kappa shape index (κ2) is 19.5. The van der Waals surface area contributed by atoms with Crippen LogP contribution in [0.25, 0.3) is 11.4 Å². The molecule has 0 radical (unpaired) electrons. The standard InChI is InChI=1S/C50H36N8O8S2/c1-29-16-36-22-38(18-29)65-46-26-44(55-49(57-46)67-3)61-34-14-8-12-32(20-34)59-40-24-41(52-28-51-40)60-33-13-9-15-35(21-33)62-45-27-47(58-50(56-45)68-4)66-39-19-30(2)17-37(23-39)64-43-25-42(63-36)53-48(54-43)31-10-6-5-7-11-31/h5-28H,1-4H3. The molecule has 4 aromatic heterocycles. The lowest BCUT2D eigenvalue weighted by Crippen LogP contribution is -1.99. The van der Waals surface area contributed by atoms with E-state index in [9.17, 15) is 0 Å². The monoisotopic (exact) mass is 940 g/mol. The van der Waals surface area contributed by atoms with Crippen molar-refractivity contribution in [2.75, 3.05) is 12.5 Å². The van der Waals surface area contributed by atoms with Crippen LogP contribution in [0.15, 0.2) is 156 Å². The molecule has 0 fully saturated rings. The highest BCUT2D eigenvalue weighted by Gasteiger charge is 2.17. The van der Waals surface area contributed by atoms with Crippen molar-refractivity contribution in [3.05, 3.63) is 157 Å². The van der Waals surface area contributed by atoms with E-state index < -0.39 is 0 Å². The highest BCUT2D eigenvalue weighted by molar-refractivity contribution is 7.98. The van der Waals surface area contributed by atoms with Gasteiger partial charge in [-0.1, -0.05) is 66.0 Å². The number of rotatable bonds is 3. The molecular formula is C50H36N8O8S2. The molecule has 5 heterocycles. The Kier molecular flexibility index (Phi) is 12.5. The van der Waals surface area contributed by atoms with Crippen molar-refractivity contribution in [1.29, 1.82) is 0 Å². The summed E-state index contributed by atoms with van der Waals surface area (Å²) in [5.74, 6) is 5.84. The van der Waals surface area contributed by atoms with Crippen molar-refractivity contribution in [1.82, 2.24) is 39.9 Å². The smallest absolute Gasteiger partial charge is 0.227 e. The predicted molar refractivity (Wildman–Crippen MR) is 253 cm³/mol. The van der Waals surface area contributed by atoms with Crippen LogP contribution in [0.3, 0.4) is 0 Å². The fourth-order valence-electron chi connectivity index (χ4n) is 6.65. The van der Waals surface area contributed by atoms with Crippen LogP contribution in [-0.2, 0) is 0 Å². The number of hydrogen-bond donors (Lipinski definition) is 0. The molecule has 0 saturated carbocycles. The molecule has 18 heteroatoms. The van der Waals surface area contributed by atoms with Crippen molar-refractivity contribution in [3.63, 3.8) is 0 Å². The zero-order chi connectivity index (χ0) is 46.4. The number of nitrogens with zero attached hydrogens (tertiary/aromatic N) is 8. The Labute approximate surface area is 397 Å². The number of aromatic nitrogens is 8. The number of hydrogen-bond acceptors (Lipinski definition) is 18. The van der Waals surface area contributed by atoms with Crippen LogP contribution in [0.4, 0.5) is 0 Å². The first-order valence-corrected chi connectivity index (χ1v) is 23.2. The molecule has 1 aliphatic rings. The molecule has 1 aliphatic heterocycles. The summed E-state index contributed by atoms with van der Waals surface area (Å²) in [5, 5.41) is 0.857. The number of benzene rings is 5. The molecule has 68 heavy (non-hydrogen) atoms. The summed E-state index contributed by atoms with van der Waals surface area (Å²) in [6.07, 6.45) is 5.07. The van der Waals surface area contributed by atoms with Gasteiger partial charge in [0.15, 0.2) is 16.1 Å². The lowest BCUT2D eigenvalue weighted by molar-refractivity contribution is 0.411. The summed E-state index contributed by atoms with van der Waals surface area (Å²) in [7, 11) is 0. The fraction of sp³-hybridized carbons (Fsp3) is 0.0800. The van der Waals surface area contributed by atoms with Gasteiger partial charge in [-0.2, -0.15) is 29.9 Å². The average Bonchev–Trinajstić information content (AvgIpc) is 3.31. The Hall–Kier alpha value is -8.48. The third-order valence-corrected chi connectivity index (χ3v) is 10.5. The molecule has 0 spiro atoms. The van der Waals surface area contributed by atoms with Gasteiger partial charge in [-0.15, -0.1) is 0 Å². The molecule has 0 aliphatic carbocycles. The summed E-state index contributed by atoms with van der Waals surface area (Å²) in [4.78, 5) is 36.4. The van der Waals surface area contributed by atoms with Gasteiger partial charge in [0.25, 0.3) is 0 Å². The van der Waals surface area contributed by atoms with Gasteiger partial charge in [0.05, 0.1) is 24.3 Å². The minimum atomic E-state index is 0.226. The van der Waals surface area contributed by atoms with E-state index in [1.807, 2.05) is 81.0 Å². The van der Waals surface area contributed by atoms with Gasteiger partial charge < -0.3 is 37.9 Å². The van der Waals surface area contributed by atoms with Gasteiger partial charge in [-0.25, -0.2) is 9.97 Å². The Morgan fingerprint density at radius 2 is 0.647 bits per heavy atom. The normalized spacial score (nSPS) is 12.0. The Balaban J connectivity index is 1.03. The summed E-state index contributed by atoms with van der Waals surface area (Å²) >= 11 is 2.67. The maximum Gasteiger partial charge on any atom is 0.227 e. The maximum atomic E-state index is 6.44. The molecule has 0 unspecified atom stereocenters. The Morgan fingerprint density at radius 1 is 0.324 bits per heavy atom. The first kappa shape index (κ1) is 43.4. The molecule has 0 saturated heterocycles. The van der Waals surface area contributed by atoms with E-state index in [1.54, 1.807) is 84.9 Å². The minimum absolute atomic E-state index is 0.226. The van der Waals surface area contributed by atoms with Crippen LogP contribution in [-0.4, -0.2) is 52.4 Å². The second-order valence-electron chi connectivity index (χ2n) is 14.7. The van der Waals surface area contributed by atoms with Crippen LogP contribution in [0.2, 0.25) is 0 Å². The van der Waals surface area contributed by atoms with Crippen LogP contribution in [0, 0.1) is 13.8 Å². The average molecular weight is 941 g/mol. The van der Waals surface area contributed by atoms with Crippen molar-refractivity contribution < 1.29 is 37.9 Å². The van der Waals surface area contributed by atoms with Gasteiger partial charge in [0.2, 0.25) is 47.0 Å². The van der Waals surface area contributed by atoms with Gasteiger partial charge in [-0.3, -0.25) is 0 Å². The molecular weight excluding hydrogens is 905 g/mol. The number of aryl methyl sites for hydroxylation is 2. The Bertz CT molecular complexity index is 3110. The lowest BCUT2D eigenvalue weighted by Gasteiger charge is -2.14. The van der Waals surface area contributed by atoms with Crippen LogP contribution in [0.5, 0.6) is 93.0 Å². The van der Waals surface area contributed by atoms with Crippen LogP contribution in [0.1, 0.15) is 11.1 Å². The van der Waals surface area contributed by atoms with Crippen LogP contribution >= 0.6 is 23.5 Å². The van der Waals surface area contributed by atoms with Gasteiger partial charge >= 0.3 is 0 Å². The third kappa shape index (κ3) is 11.0. The highest BCUT2D eigenvalue weighted by atomic mass is 32.2. The molecule has 0 amide bonds. The molecule has 16 nitrogen and oxygen atoms in total. The summed E-state index contributed by atoms with van der Waals surface area (Å²) in [5.41, 5.74) is 2.46. The van der Waals surface area contributed by atoms with Crippen molar-refractivity contribution in [2.45, 2.75) is 24.2 Å². The van der Waals surface area contributed by atoms with Crippen LogP contribution < -0.4 is 37.9 Å². The van der Waals surface area contributed by atoms with Crippen molar-refractivity contribution >= 4 is 23.5 Å². The van der Waals surface area contributed by atoms with E-state index in [-0.39, 0.29) is 47.0 Å². The number of thioether (sulfide) groups is 2. The van der Waals surface area contributed by atoms with Gasteiger partial charge in [-0.05, 0) is 86.0 Å². The number of ether oxygens (including phenoxy) is 8. The van der Waals surface area contributed by atoms with Crippen molar-refractivity contribution in [2.24, 2.45) is 0 Å².